The highest BCUT2D eigenvalue weighted by Gasteiger charge is 2.10. The van der Waals surface area contributed by atoms with E-state index in [4.69, 9.17) is 0 Å². The van der Waals surface area contributed by atoms with Gasteiger partial charge in [-0.05, 0) is 49.1 Å². The first-order chi connectivity index (χ1) is 7.33. The van der Waals surface area contributed by atoms with Gasteiger partial charge in [-0.2, -0.15) is 0 Å². The molecule has 1 aromatic heterocycles. The molecule has 0 bridgehead atoms. The molecule has 1 aliphatic carbocycles. The van der Waals surface area contributed by atoms with Crippen LogP contribution in [-0.2, 0) is 0 Å². The van der Waals surface area contributed by atoms with Crippen LogP contribution in [0, 0.1) is 6.92 Å². The second kappa shape index (κ2) is 3.20. The molecule has 1 aromatic carbocycles. The number of benzene rings is 1. The number of hydrogen-bond acceptors (Lipinski definition) is 1. The molecular formula is C14H13N. The molecule has 1 nitrogen and oxygen atoms in total. The van der Waals surface area contributed by atoms with Gasteiger partial charge in [-0.25, -0.2) is 0 Å². The van der Waals surface area contributed by atoms with Crippen LogP contribution in [0.3, 0.4) is 0 Å². The molecule has 2 aromatic rings. The van der Waals surface area contributed by atoms with Crippen LogP contribution >= 0.6 is 0 Å². The lowest BCUT2D eigenvalue weighted by atomic mass is 10.1. The van der Waals surface area contributed by atoms with E-state index >= 15 is 0 Å². The number of fused-ring (bicyclic) bond motifs is 1. The quantitative estimate of drug-likeness (QED) is 0.675. The van der Waals surface area contributed by atoms with Gasteiger partial charge in [-0.1, -0.05) is 17.7 Å². The Kier molecular flexibility index (Phi) is 1.84. The predicted molar refractivity (Wildman–Crippen MR) is 63.7 cm³/mol. The van der Waals surface area contributed by atoms with Crippen LogP contribution in [0.25, 0.3) is 17.0 Å². The minimum Gasteiger partial charge on any atom is -0.256 e. The van der Waals surface area contributed by atoms with Gasteiger partial charge in [0.05, 0.1) is 5.52 Å². The molecule has 74 valence electrons. The SMILES string of the molecule is Cc1cc(C=C2CC2)cc2cccnc12. The minimum absolute atomic E-state index is 1.12. The minimum atomic E-state index is 1.12. The van der Waals surface area contributed by atoms with E-state index in [1.54, 1.807) is 5.57 Å². The van der Waals surface area contributed by atoms with Crippen molar-refractivity contribution < 1.29 is 0 Å². The monoisotopic (exact) mass is 195 g/mol. The Bertz CT molecular complexity index is 546. The van der Waals surface area contributed by atoms with E-state index in [0.29, 0.717) is 0 Å². The standard InChI is InChI=1S/C14H13N/c1-10-7-12(8-11-4-5-11)9-13-3-2-6-15-14(10)13/h2-3,6-9H,4-5H2,1H3. The Morgan fingerprint density at radius 1 is 1.27 bits per heavy atom. The van der Waals surface area contributed by atoms with Gasteiger partial charge in [0.25, 0.3) is 0 Å². The van der Waals surface area contributed by atoms with Crippen molar-refractivity contribution in [2.75, 3.05) is 0 Å². The van der Waals surface area contributed by atoms with Gasteiger partial charge in [-0.15, -0.1) is 0 Å². The fourth-order valence-corrected chi connectivity index (χ4v) is 1.94. The number of pyridine rings is 1. The molecule has 0 aliphatic heterocycles. The van der Waals surface area contributed by atoms with Crippen molar-refractivity contribution in [2.45, 2.75) is 19.8 Å². The number of aryl methyl sites for hydroxylation is 1. The summed E-state index contributed by atoms with van der Waals surface area (Å²) in [5.74, 6) is 0. The molecule has 1 fully saturated rings. The van der Waals surface area contributed by atoms with Crippen molar-refractivity contribution in [3.63, 3.8) is 0 Å². The third kappa shape index (κ3) is 1.65. The van der Waals surface area contributed by atoms with Gasteiger partial charge >= 0.3 is 0 Å². The molecule has 0 N–H and O–H groups in total. The lowest BCUT2D eigenvalue weighted by Gasteiger charge is -2.02. The zero-order chi connectivity index (χ0) is 10.3. The van der Waals surface area contributed by atoms with Crippen molar-refractivity contribution in [1.82, 2.24) is 4.98 Å². The van der Waals surface area contributed by atoms with Crippen LogP contribution in [0.2, 0.25) is 0 Å². The average Bonchev–Trinajstić information content (AvgIpc) is 3.02. The molecule has 0 atom stereocenters. The Hall–Kier alpha value is -1.63. The maximum absolute atomic E-state index is 4.40. The summed E-state index contributed by atoms with van der Waals surface area (Å²) in [5, 5.41) is 1.24. The first-order valence-corrected chi connectivity index (χ1v) is 5.38. The number of allylic oxidation sites excluding steroid dienone is 1. The smallest absolute Gasteiger partial charge is 0.0731 e. The lowest BCUT2D eigenvalue weighted by Crippen LogP contribution is -1.84. The lowest BCUT2D eigenvalue weighted by molar-refractivity contribution is 1.36. The van der Waals surface area contributed by atoms with Crippen molar-refractivity contribution >= 4 is 17.0 Å². The Morgan fingerprint density at radius 3 is 2.93 bits per heavy atom. The first kappa shape index (κ1) is 8.66. The summed E-state index contributed by atoms with van der Waals surface area (Å²) in [5.41, 5.74) is 5.27. The molecule has 0 unspecified atom stereocenters. The van der Waals surface area contributed by atoms with Gasteiger partial charge in [0.2, 0.25) is 0 Å². The van der Waals surface area contributed by atoms with Gasteiger partial charge in [0, 0.05) is 11.6 Å². The molecule has 0 saturated heterocycles. The van der Waals surface area contributed by atoms with Crippen molar-refractivity contribution in [3.8, 4) is 0 Å². The molecule has 0 amide bonds. The van der Waals surface area contributed by atoms with E-state index in [0.717, 1.165) is 5.52 Å². The van der Waals surface area contributed by atoms with E-state index in [2.05, 4.69) is 36.2 Å². The molecule has 0 radical (unpaired) electrons. The highest BCUT2D eigenvalue weighted by atomic mass is 14.6. The van der Waals surface area contributed by atoms with Gasteiger partial charge in [0.1, 0.15) is 0 Å². The molecule has 0 spiro atoms. The molecule has 15 heavy (non-hydrogen) atoms. The molecule has 3 rings (SSSR count). The third-order valence-corrected chi connectivity index (χ3v) is 2.83. The second-order valence-corrected chi connectivity index (χ2v) is 4.22. The zero-order valence-corrected chi connectivity index (χ0v) is 8.83. The molecule has 1 heteroatoms. The van der Waals surface area contributed by atoms with E-state index in [1.165, 1.54) is 29.4 Å². The predicted octanol–water partition coefficient (Wildman–Crippen LogP) is 3.72. The van der Waals surface area contributed by atoms with Crippen LogP contribution < -0.4 is 0 Å². The summed E-state index contributed by atoms with van der Waals surface area (Å²) in [7, 11) is 0. The number of nitrogens with zero attached hydrogens (tertiary/aromatic N) is 1. The van der Waals surface area contributed by atoms with Gasteiger partial charge in [0.15, 0.2) is 0 Å². The van der Waals surface area contributed by atoms with Crippen molar-refractivity contribution in [2.24, 2.45) is 0 Å². The van der Waals surface area contributed by atoms with Crippen LogP contribution in [0.1, 0.15) is 24.0 Å². The highest BCUT2D eigenvalue weighted by molar-refractivity contribution is 5.84. The van der Waals surface area contributed by atoms with E-state index < -0.39 is 0 Å². The Labute approximate surface area is 89.5 Å². The molecular weight excluding hydrogens is 182 g/mol. The van der Waals surface area contributed by atoms with Gasteiger partial charge < -0.3 is 0 Å². The van der Waals surface area contributed by atoms with Gasteiger partial charge in [-0.3, -0.25) is 4.98 Å². The topological polar surface area (TPSA) is 12.9 Å². The normalized spacial score (nSPS) is 14.3. The number of aromatic nitrogens is 1. The van der Waals surface area contributed by atoms with Crippen LogP contribution in [0.4, 0.5) is 0 Å². The first-order valence-electron chi connectivity index (χ1n) is 5.38. The highest BCUT2D eigenvalue weighted by Crippen LogP contribution is 2.31. The maximum atomic E-state index is 4.40. The van der Waals surface area contributed by atoms with E-state index in [-0.39, 0.29) is 0 Å². The Balaban J connectivity index is 2.22. The Morgan fingerprint density at radius 2 is 2.13 bits per heavy atom. The fraction of sp³-hybridized carbons (Fsp3) is 0.214. The van der Waals surface area contributed by atoms with Crippen LogP contribution in [-0.4, -0.2) is 4.98 Å². The summed E-state index contributed by atoms with van der Waals surface area (Å²) in [6, 6.07) is 8.57. The van der Waals surface area contributed by atoms with E-state index in [9.17, 15) is 0 Å². The number of rotatable bonds is 1. The zero-order valence-electron chi connectivity index (χ0n) is 8.83. The average molecular weight is 195 g/mol. The maximum Gasteiger partial charge on any atom is 0.0731 e. The summed E-state index contributed by atoms with van der Waals surface area (Å²) in [6.07, 6.45) is 6.72. The van der Waals surface area contributed by atoms with Crippen molar-refractivity contribution in [3.05, 3.63) is 47.2 Å². The molecule has 1 aliphatic rings. The summed E-state index contributed by atoms with van der Waals surface area (Å²) in [6.45, 7) is 2.13. The third-order valence-electron chi connectivity index (χ3n) is 2.83. The van der Waals surface area contributed by atoms with Crippen molar-refractivity contribution in [1.29, 1.82) is 0 Å². The number of hydrogen-bond donors (Lipinski definition) is 0. The molecule has 1 saturated carbocycles. The largest absolute Gasteiger partial charge is 0.256 e. The summed E-state index contributed by atoms with van der Waals surface area (Å²) < 4.78 is 0. The summed E-state index contributed by atoms with van der Waals surface area (Å²) >= 11 is 0. The summed E-state index contributed by atoms with van der Waals surface area (Å²) in [4.78, 5) is 4.40. The second-order valence-electron chi connectivity index (χ2n) is 4.22. The van der Waals surface area contributed by atoms with E-state index in [1.807, 2.05) is 12.3 Å². The van der Waals surface area contributed by atoms with Crippen LogP contribution in [0.5, 0.6) is 0 Å². The molecule has 1 heterocycles. The fourth-order valence-electron chi connectivity index (χ4n) is 1.94. The van der Waals surface area contributed by atoms with Crippen LogP contribution in [0.15, 0.2) is 36.0 Å².